The number of benzene rings is 1. The minimum atomic E-state index is -3.08. The van der Waals surface area contributed by atoms with Crippen LogP contribution in [-0.2, 0) is 0 Å². The maximum absolute atomic E-state index is 9.58. The Kier molecular flexibility index (Phi) is 11.1. The quantitative estimate of drug-likeness (QED) is 0.590. The van der Waals surface area contributed by atoms with Crippen molar-refractivity contribution in [3.05, 3.63) is 42.6 Å². The summed E-state index contributed by atoms with van der Waals surface area (Å²) in [6, 6.07) is 10.8. The molecule has 0 unspecified atom stereocenters. The number of rotatable bonds is 0. The van der Waals surface area contributed by atoms with Gasteiger partial charge in [-0.1, -0.05) is 6.92 Å². The summed E-state index contributed by atoms with van der Waals surface area (Å²) in [6.45, 7) is -1.02. The fourth-order valence-corrected chi connectivity index (χ4v) is 0.470. The van der Waals surface area contributed by atoms with Crippen molar-refractivity contribution in [2.45, 2.75) is 6.92 Å². The molecule has 0 atom stereocenters. The second-order valence-corrected chi connectivity index (χ2v) is 1.79. The molecule has 12 heavy (non-hydrogen) atoms. The molecule has 1 aromatic carbocycles. The zero-order valence-corrected chi connectivity index (χ0v) is 10.6. The van der Waals surface area contributed by atoms with Crippen molar-refractivity contribution in [3.63, 3.8) is 0 Å². The fourth-order valence-electron chi connectivity index (χ4n) is 0.470. The van der Waals surface area contributed by atoms with Gasteiger partial charge in [0.2, 0.25) is 0 Å². The average molecular weight is 398 g/mol. The average Bonchev–Trinajstić information content (AvgIpc) is 1.87. The summed E-state index contributed by atoms with van der Waals surface area (Å²) in [4.78, 5) is 0. The third-order valence-corrected chi connectivity index (χ3v) is 0.885. The minimum Gasteiger partial charge on any atom is -0.385 e. The number of aryl methyl sites for hydroxylation is 1. The predicted molar refractivity (Wildman–Crippen MR) is 36.6 cm³/mol. The van der Waals surface area contributed by atoms with Crippen LogP contribution in [0.25, 0.3) is 0 Å². The Labute approximate surface area is 93.5 Å². The molecule has 0 saturated heterocycles. The maximum atomic E-state index is 9.58. The first-order valence-electron chi connectivity index (χ1n) is 2.89. The molecule has 0 aliphatic rings. The number of hydrogen-bond acceptors (Lipinski definition) is 0. The molecule has 0 radical (unpaired) electrons. The van der Waals surface area contributed by atoms with E-state index in [2.05, 4.69) is 13.0 Å². The molecule has 0 aromatic heterocycles. The molecule has 0 nitrogen and oxygen atoms in total. The molecule has 0 aliphatic carbocycles. The van der Waals surface area contributed by atoms with Crippen LogP contribution in [0.4, 0.5) is 13.2 Å². The molecule has 0 spiro atoms. The maximum Gasteiger partial charge on any atom is 2.00 e. The Morgan fingerprint density at radius 1 is 1.17 bits per heavy atom. The van der Waals surface area contributed by atoms with Gasteiger partial charge in [0.15, 0.2) is 6.68 Å². The molecule has 0 heterocycles. The van der Waals surface area contributed by atoms with Gasteiger partial charge in [0.25, 0.3) is 0 Å². The molecular formula is C8H7F3U. The van der Waals surface area contributed by atoms with E-state index in [0.29, 0.717) is 0 Å². The summed E-state index contributed by atoms with van der Waals surface area (Å²) in [6.07, 6.45) is 0. The van der Waals surface area contributed by atoms with E-state index in [-0.39, 0.29) is 31.1 Å². The van der Waals surface area contributed by atoms with Gasteiger partial charge in [-0.25, -0.2) is 0 Å². The summed E-state index contributed by atoms with van der Waals surface area (Å²) >= 11 is 0. The molecule has 4 heteroatoms. The van der Waals surface area contributed by atoms with E-state index in [0.717, 1.165) is 0 Å². The minimum absolute atomic E-state index is 0. The Bertz CT molecular complexity index is 174. The Hall–Kier alpha value is 0.0619. The van der Waals surface area contributed by atoms with Gasteiger partial charge in [0.1, 0.15) is 0 Å². The van der Waals surface area contributed by atoms with Crippen LogP contribution in [0.2, 0.25) is 0 Å². The van der Waals surface area contributed by atoms with Crippen LogP contribution in [0.3, 0.4) is 0 Å². The van der Waals surface area contributed by atoms with Crippen LogP contribution in [-0.4, -0.2) is 0 Å². The van der Waals surface area contributed by atoms with E-state index in [4.69, 9.17) is 0 Å². The first-order valence-corrected chi connectivity index (χ1v) is 2.89. The van der Waals surface area contributed by atoms with Crippen LogP contribution in [0.1, 0.15) is 5.56 Å². The van der Waals surface area contributed by atoms with Gasteiger partial charge in [-0.05, 0) is 0 Å². The molecule has 1 rings (SSSR count). The van der Waals surface area contributed by atoms with Gasteiger partial charge >= 0.3 is 31.1 Å². The van der Waals surface area contributed by atoms with Gasteiger partial charge in [-0.15, -0.1) is 0 Å². The number of hydrogen-bond donors (Lipinski definition) is 0. The van der Waals surface area contributed by atoms with Crippen molar-refractivity contribution in [1.29, 1.82) is 0 Å². The zero-order chi connectivity index (χ0) is 8.69. The topological polar surface area (TPSA) is 0 Å². The van der Waals surface area contributed by atoms with E-state index in [1.54, 1.807) is 0 Å². The molecule has 64 valence electrons. The summed E-state index contributed by atoms with van der Waals surface area (Å²) in [7, 11) is 0. The monoisotopic (exact) mass is 398 g/mol. The van der Waals surface area contributed by atoms with Crippen molar-refractivity contribution in [3.8, 4) is 0 Å². The Morgan fingerprint density at radius 3 is 1.67 bits per heavy atom. The molecular weight excluding hydrogens is 391 g/mol. The predicted octanol–water partition coefficient (Wildman–Crippen LogP) is 3.14. The molecule has 0 bridgehead atoms. The van der Waals surface area contributed by atoms with Crippen LogP contribution in [0.15, 0.2) is 24.3 Å². The van der Waals surface area contributed by atoms with Crippen LogP contribution >= 0.6 is 0 Å². The Morgan fingerprint density at radius 2 is 1.50 bits per heavy atom. The van der Waals surface area contributed by atoms with Crippen molar-refractivity contribution < 1.29 is 44.3 Å². The molecule has 0 fully saturated rings. The fraction of sp³-hybridized carbons (Fsp3) is 0.125. The van der Waals surface area contributed by atoms with Gasteiger partial charge in [0.05, 0.1) is 0 Å². The summed E-state index contributed by atoms with van der Waals surface area (Å²) in [5.74, 6) is 0. The van der Waals surface area contributed by atoms with Crippen molar-refractivity contribution in [2.24, 2.45) is 0 Å². The van der Waals surface area contributed by atoms with Gasteiger partial charge in [0, 0.05) is 0 Å². The van der Waals surface area contributed by atoms with E-state index in [1.807, 2.05) is 24.3 Å². The van der Waals surface area contributed by atoms with Gasteiger partial charge < -0.3 is 13.2 Å². The van der Waals surface area contributed by atoms with Crippen molar-refractivity contribution in [2.75, 3.05) is 0 Å². The van der Waals surface area contributed by atoms with Crippen LogP contribution < -0.4 is 0 Å². The van der Waals surface area contributed by atoms with Crippen molar-refractivity contribution >= 4 is 0 Å². The second-order valence-electron chi connectivity index (χ2n) is 1.79. The summed E-state index contributed by atoms with van der Waals surface area (Å²) < 4.78 is 28.8. The van der Waals surface area contributed by atoms with E-state index in [9.17, 15) is 13.2 Å². The van der Waals surface area contributed by atoms with Crippen LogP contribution in [0.5, 0.6) is 0 Å². The SMILES string of the molecule is Cc1cc[c-]cc1.F[C-](F)F.[U+2]. The van der Waals surface area contributed by atoms with E-state index < -0.39 is 6.68 Å². The molecule has 0 N–H and O–H groups in total. The largest absolute Gasteiger partial charge is 2.00 e. The van der Waals surface area contributed by atoms with Crippen LogP contribution in [0, 0.1) is 50.8 Å². The smallest absolute Gasteiger partial charge is 0.385 e. The van der Waals surface area contributed by atoms with E-state index in [1.165, 1.54) is 5.56 Å². The standard InChI is InChI=1S/C7H7.CF3.U/c1-7-5-3-2-4-6-7;2-1(3)4;/h3-6H,1H3;;/q2*-1;+2. The van der Waals surface area contributed by atoms with Crippen molar-refractivity contribution in [1.82, 2.24) is 0 Å². The summed E-state index contributed by atoms with van der Waals surface area (Å²) in [5.41, 5.74) is 1.29. The number of halogens is 3. The first kappa shape index (κ1) is 14.6. The molecule has 1 aromatic rings. The summed E-state index contributed by atoms with van der Waals surface area (Å²) in [5, 5.41) is 0. The first-order chi connectivity index (χ1) is 5.13. The molecule has 0 aliphatic heterocycles. The van der Waals surface area contributed by atoms with Gasteiger partial charge in [-0.2, -0.15) is 35.9 Å². The van der Waals surface area contributed by atoms with E-state index >= 15 is 0 Å². The Balaban J connectivity index is 0. The molecule has 0 amide bonds. The van der Waals surface area contributed by atoms with Gasteiger partial charge in [-0.3, -0.25) is 0 Å². The second kappa shape index (κ2) is 9.15. The third-order valence-electron chi connectivity index (χ3n) is 0.885. The zero-order valence-electron chi connectivity index (χ0n) is 6.44. The third kappa shape index (κ3) is 12.7. The normalized spacial score (nSPS) is 8.08. The molecule has 0 saturated carbocycles.